The smallest absolute Gasteiger partial charge is 0.283 e. The number of aromatic nitrogens is 3. The van der Waals surface area contributed by atoms with Crippen LogP contribution >= 0.6 is 11.8 Å². The second-order valence-corrected chi connectivity index (χ2v) is 8.64. The molecule has 0 spiro atoms. The molecule has 3 aromatic carbocycles. The number of hydrogen-bond donors (Lipinski definition) is 2. The average Bonchev–Trinajstić information content (AvgIpc) is 3.24. The number of carbonyl (C=O) groups is 1. The van der Waals surface area contributed by atoms with Crippen LogP contribution in [0.5, 0.6) is 5.75 Å². The molecule has 0 saturated carbocycles. The topological polar surface area (TPSA) is 89.0 Å². The maximum Gasteiger partial charge on any atom is 0.283 e. The van der Waals surface area contributed by atoms with Crippen LogP contribution in [-0.2, 0) is 4.79 Å². The molecule has 9 heteroatoms. The summed E-state index contributed by atoms with van der Waals surface area (Å²) >= 11 is 1.13. The number of thioether (sulfide) groups is 1. The van der Waals surface area contributed by atoms with Crippen molar-refractivity contribution < 1.29 is 13.9 Å². The van der Waals surface area contributed by atoms with Crippen molar-refractivity contribution in [1.29, 1.82) is 0 Å². The highest BCUT2D eigenvalue weighted by atomic mass is 32.2. The van der Waals surface area contributed by atoms with Crippen LogP contribution in [0.2, 0.25) is 0 Å². The van der Waals surface area contributed by atoms with Crippen molar-refractivity contribution >= 4 is 45.3 Å². The van der Waals surface area contributed by atoms with Gasteiger partial charge in [0.25, 0.3) is 5.56 Å². The Morgan fingerprint density at radius 1 is 1.09 bits per heavy atom. The van der Waals surface area contributed by atoms with E-state index in [2.05, 4.69) is 10.3 Å². The van der Waals surface area contributed by atoms with Gasteiger partial charge in [-0.1, -0.05) is 30.0 Å². The second-order valence-electron chi connectivity index (χ2n) is 7.70. The minimum absolute atomic E-state index is 0.0225. The van der Waals surface area contributed by atoms with Gasteiger partial charge in [0.15, 0.2) is 5.16 Å². The third-order valence-corrected chi connectivity index (χ3v) is 6.30. The van der Waals surface area contributed by atoms with Gasteiger partial charge in [0.1, 0.15) is 22.6 Å². The first-order valence-corrected chi connectivity index (χ1v) is 12.0. The normalized spacial score (nSPS) is 11.1. The minimum Gasteiger partial charge on any atom is -0.494 e. The molecule has 2 aromatic heterocycles. The Hall–Kier alpha value is -4.11. The van der Waals surface area contributed by atoms with E-state index >= 15 is 0 Å². The number of benzene rings is 3. The largest absolute Gasteiger partial charge is 0.494 e. The molecule has 0 aliphatic rings. The predicted molar refractivity (Wildman–Crippen MR) is 136 cm³/mol. The maximum atomic E-state index is 13.5. The number of ether oxygens (including phenoxy) is 1. The molecular formula is C26H21FN4O3S. The van der Waals surface area contributed by atoms with Crippen LogP contribution in [0.25, 0.3) is 27.6 Å². The van der Waals surface area contributed by atoms with E-state index in [-0.39, 0.29) is 17.2 Å². The molecule has 0 unspecified atom stereocenters. The number of para-hydroxylation sites is 1. The number of nitrogens with zero attached hydrogens (tertiary/aromatic N) is 2. The number of H-pyrrole nitrogens is 1. The fraction of sp³-hybridized carbons (Fsp3) is 0.115. The molecule has 0 saturated heterocycles. The molecule has 0 aliphatic heterocycles. The van der Waals surface area contributed by atoms with Gasteiger partial charge >= 0.3 is 0 Å². The first kappa shape index (κ1) is 22.7. The molecular weight excluding hydrogens is 467 g/mol. The van der Waals surface area contributed by atoms with Gasteiger partial charge in [0.2, 0.25) is 5.91 Å². The summed E-state index contributed by atoms with van der Waals surface area (Å²) in [4.78, 5) is 34.0. The van der Waals surface area contributed by atoms with E-state index in [0.717, 1.165) is 28.4 Å². The fourth-order valence-corrected chi connectivity index (χ4v) is 4.59. The molecule has 2 N–H and O–H groups in total. The number of fused-ring (bicyclic) bond motifs is 3. The molecule has 5 aromatic rings. The summed E-state index contributed by atoms with van der Waals surface area (Å²) in [6, 6.07) is 20.2. The van der Waals surface area contributed by atoms with Gasteiger partial charge in [-0.2, -0.15) is 0 Å². The minimum atomic E-state index is -0.412. The third kappa shape index (κ3) is 4.63. The third-order valence-electron chi connectivity index (χ3n) is 5.36. The SMILES string of the molecule is CCOc1ccc(NC(=O)CSc2nc3c([nH]c4ccccc43)c(=O)n2-c2ccc(F)cc2)cc1. The molecule has 7 nitrogen and oxygen atoms in total. The molecule has 0 radical (unpaired) electrons. The van der Waals surface area contributed by atoms with Crippen LogP contribution in [0.3, 0.4) is 0 Å². The zero-order valence-corrected chi connectivity index (χ0v) is 19.6. The Labute approximate surface area is 204 Å². The van der Waals surface area contributed by atoms with Crippen LogP contribution in [0.4, 0.5) is 10.1 Å². The molecule has 0 aliphatic carbocycles. The van der Waals surface area contributed by atoms with E-state index in [1.165, 1.54) is 28.8 Å². The summed E-state index contributed by atoms with van der Waals surface area (Å²) in [5.41, 5.74) is 2.42. The van der Waals surface area contributed by atoms with Crippen molar-refractivity contribution in [2.75, 3.05) is 17.7 Å². The molecule has 35 heavy (non-hydrogen) atoms. The molecule has 0 atom stereocenters. The number of carbonyl (C=O) groups excluding carboxylic acids is 1. The van der Waals surface area contributed by atoms with Gasteiger partial charge in [-0.3, -0.25) is 14.2 Å². The highest BCUT2D eigenvalue weighted by Gasteiger charge is 2.18. The van der Waals surface area contributed by atoms with E-state index in [0.29, 0.717) is 34.2 Å². The zero-order chi connectivity index (χ0) is 24.4. The van der Waals surface area contributed by atoms with Gasteiger partial charge in [0, 0.05) is 16.6 Å². The molecule has 0 bridgehead atoms. The monoisotopic (exact) mass is 488 g/mol. The first-order chi connectivity index (χ1) is 17.0. The summed E-state index contributed by atoms with van der Waals surface area (Å²) in [5, 5.41) is 3.98. The van der Waals surface area contributed by atoms with Crippen LogP contribution in [0, 0.1) is 5.82 Å². The summed E-state index contributed by atoms with van der Waals surface area (Å²) in [6.07, 6.45) is 0. The van der Waals surface area contributed by atoms with Gasteiger partial charge < -0.3 is 15.0 Å². The highest BCUT2D eigenvalue weighted by molar-refractivity contribution is 7.99. The van der Waals surface area contributed by atoms with Crippen molar-refractivity contribution in [3.05, 3.63) is 89.0 Å². The first-order valence-electron chi connectivity index (χ1n) is 11.0. The number of aromatic amines is 1. The van der Waals surface area contributed by atoms with Gasteiger partial charge in [0.05, 0.1) is 18.0 Å². The summed E-state index contributed by atoms with van der Waals surface area (Å²) in [7, 11) is 0. The lowest BCUT2D eigenvalue weighted by Crippen LogP contribution is -2.23. The number of halogens is 1. The second kappa shape index (κ2) is 9.63. The summed E-state index contributed by atoms with van der Waals surface area (Å²) in [6.45, 7) is 2.46. The molecule has 176 valence electrons. The number of hydrogen-bond acceptors (Lipinski definition) is 5. The van der Waals surface area contributed by atoms with E-state index < -0.39 is 5.82 Å². The number of amides is 1. The molecule has 1 amide bonds. The number of nitrogens with one attached hydrogen (secondary N) is 2. The van der Waals surface area contributed by atoms with E-state index in [4.69, 9.17) is 9.72 Å². The lowest BCUT2D eigenvalue weighted by molar-refractivity contribution is -0.113. The fourth-order valence-electron chi connectivity index (χ4n) is 3.79. The summed E-state index contributed by atoms with van der Waals surface area (Å²) in [5.74, 6) is 0.0808. The van der Waals surface area contributed by atoms with Crippen LogP contribution < -0.4 is 15.6 Å². The molecule has 2 heterocycles. The van der Waals surface area contributed by atoms with E-state index in [9.17, 15) is 14.0 Å². The van der Waals surface area contributed by atoms with Crippen molar-refractivity contribution in [1.82, 2.24) is 14.5 Å². The van der Waals surface area contributed by atoms with Crippen molar-refractivity contribution in [2.24, 2.45) is 0 Å². The quantitative estimate of drug-likeness (QED) is 0.245. The Balaban J connectivity index is 1.48. The van der Waals surface area contributed by atoms with Crippen molar-refractivity contribution in [2.45, 2.75) is 12.1 Å². The Bertz CT molecular complexity index is 1580. The van der Waals surface area contributed by atoms with Crippen LogP contribution in [0.1, 0.15) is 6.92 Å². The van der Waals surface area contributed by atoms with Gasteiger partial charge in [-0.05, 0) is 61.5 Å². The van der Waals surface area contributed by atoms with Crippen molar-refractivity contribution in [3.63, 3.8) is 0 Å². The number of anilines is 1. The zero-order valence-electron chi connectivity index (χ0n) is 18.7. The molecule has 5 rings (SSSR count). The Morgan fingerprint density at radius 2 is 1.83 bits per heavy atom. The Morgan fingerprint density at radius 3 is 2.57 bits per heavy atom. The lowest BCUT2D eigenvalue weighted by Gasteiger charge is -2.12. The predicted octanol–water partition coefficient (Wildman–Crippen LogP) is 5.14. The van der Waals surface area contributed by atoms with Crippen LogP contribution in [0.15, 0.2) is 82.7 Å². The van der Waals surface area contributed by atoms with Gasteiger partial charge in [-0.25, -0.2) is 9.37 Å². The van der Waals surface area contributed by atoms with Crippen molar-refractivity contribution in [3.8, 4) is 11.4 Å². The van der Waals surface area contributed by atoms with E-state index in [1.54, 1.807) is 24.3 Å². The highest BCUT2D eigenvalue weighted by Crippen LogP contribution is 2.26. The Kier molecular flexibility index (Phi) is 6.24. The summed E-state index contributed by atoms with van der Waals surface area (Å²) < 4.78 is 20.4. The number of rotatable bonds is 7. The maximum absolute atomic E-state index is 13.5. The van der Waals surface area contributed by atoms with E-state index in [1.807, 2.05) is 31.2 Å². The van der Waals surface area contributed by atoms with Gasteiger partial charge in [-0.15, -0.1) is 0 Å². The lowest BCUT2D eigenvalue weighted by atomic mass is 10.2. The standard InChI is InChI=1S/C26H21FN4O3S/c1-2-34-19-13-9-17(10-14-19)28-22(32)15-35-26-30-23-20-5-3-4-6-21(20)29-24(23)25(33)31(26)18-11-7-16(27)8-12-18/h3-14,29H,2,15H2,1H3,(H,28,32). The molecule has 0 fully saturated rings. The average molecular weight is 489 g/mol. The van der Waals surface area contributed by atoms with Crippen LogP contribution in [-0.4, -0.2) is 32.8 Å².